The van der Waals surface area contributed by atoms with Crippen molar-refractivity contribution in [3.8, 4) is 0 Å². The lowest BCUT2D eigenvalue weighted by Crippen LogP contribution is -2.14. The lowest BCUT2D eigenvalue weighted by atomic mass is 10.1. The Morgan fingerprint density at radius 3 is 2.61 bits per heavy atom. The van der Waals surface area contributed by atoms with Crippen LogP contribution in [0.15, 0.2) is 48.7 Å². The first-order valence-electron chi connectivity index (χ1n) is 9.47. The third-order valence-corrected chi connectivity index (χ3v) is 4.86. The molecule has 2 aromatic carbocycles. The zero-order valence-corrected chi connectivity index (χ0v) is 16.3. The zero-order chi connectivity index (χ0) is 19.7. The second-order valence-corrected chi connectivity index (χ2v) is 6.93. The molecule has 6 nitrogen and oxygen atoms in total. The first-order valence-corrected chi connectivity index (χ1v) is 9.47. The lowest BCUT2D eigenvalue weighted by molar-refractivity contribution is 0.102. The minimum atomic E-state index is -0.167. The van der Waals surface area contributed by atoms with E-state index in [0.29, 0.717) is 17.0 Å². The highest BCUT2D eigenvalue weighted by Gasteiger charge is 2.16. The summed E-state index contributed by atoms with van der Waals surface area (Å²) in [7, 11) is 0. The number of imidazole rings is 1. The van der Waals surface area contributed by atoms with E-state index in [9.17, 15) is 4.79 Å². The molecule has 2 N–H and O–H groups in total. The summed E-state index contributed by atoms with van der Waals surface area (Å²) in [4.78, 5) is 22.0. The van der Waals surface area contributed by atoms with Crippen molar-refractivity contribution in [2.24, 2.45) is 0 Å². The molecular weight excluding hydrogens is 350 g/mol. The smallest absolute Gasteiger partial charge is 0.256 e. The number of anilines is 2. The topological polar surface area (TPSA) is 71.3 Å². The van der Waals surface area contributed by atoms with Gasteiger partial charge < -0.3 is 10.6 Å². The fourth-order valence-corrected chi connectivity index (χ4v) is 3.22. The molecule has 6 heteroatoms. The lowest BCUT2D eigenvalue weighted by Gasteiger charge is -2.13. The molecule has 142 valence electrons. The summed E-state index contributed by atoms with van der Waals surface area (Å²) in [5.74, 6) is 1.18. The van der Waals surface area contributed by atoms with E-state index >= 15 is 0 Å². The number of aryl methyl sites for hydroxylation is 2. The Bertz CT molecular complexity index is 1160. The number of hydrogen-bond acceptors (Lipinski definition) is 4. The Morgan fingerprint density at radius 2 is 1.86 bits per heavy atom. The van der Waals surface area contributed by atoms with Gasteiger partial charge in [-0.2, -0.15) is 0 Å². The van der Waals surface area contributed by atoms with Gasteiger partial charge in [0.05, 0.1) is 17.2 Å². The van der Waals surface area contributed by atoms with E-state index in [-0.39, 0.29) is 5.91 Å². The van der Waals surface area contributed by atoms with Crippen LogP contribution in [-0.4, -0.2) is 26.8 Å². The number of nitrogens with zero attached hydrogens (tertiary/aromatic N) is 3. The third kappa shape index (κ3) is 3.17. The van der Waals surface area contributed by atoms with Crippen molar-refractivity contribution in [1.29, 1.82) is 0 Å². The normalized spacial score (nSPS) is 11.1. The summed E-state index contributed by atoms with van der Waals surface area (Å²) in [6.45, 7) is 7.06. The number of amides is 1. The predicted molar refractivity (Wildman–Crippen MR) is 113 cm³/mol. The number of benzene rings is 2. The van der Waals surface area contributed by atoms with Gasteiger partial charge >= 0.3 is 0 Å². The largest absolute Gasteiger partial charge is 0.367 e. The van der Waals surface area contributed by atoms with Crippen molar-refractivity contribution in [2.45, 2.75) is 27.2 Å². The minimum absolute atomic E-state index is 0.167. The molecule has 0 unspecified atom stereocenters. The van der Waals surface area contributed by atoms with Gasteiger partial charge in [0.25, 0.3) is 5.91 Å². The van der Waals surface area contributed by atoms with Crippen LogP contribution in [0.25, 0.3) is 16.7 Å². The van der Waals surface area contributed by atoms with E-state index in [0.717, 1.165) is 29.8 Å². The summed E-state index contributed by atoms with van der Waals surface area (Å²) in [6.07, 6.45) is 2.67. The zero-order valence-electron chi connectivity index (χ0n) is 16.3. The molecule has 0 spiro atoms. The van der Waals surface area contributed by atoms with Gasteiger partial charge in [0.15, 0.2) is 11.5 Å². The molecule has 0 fully saturated rings. The summed E-state index contributed by atoms with van der Waals surface area (Å²) < 4.78 is 1.97. The molecule has 4 rings (SSSR count). The maximum absolute atomic E-state index is 12.7. The molecular formula is C22H23N5O. The van der Waals surface area contributed by atoms with E-state index in [1.165, 1.54) is 11.1 Å². The monoisotopic (exact) mass is 373 g/mol. The second-order valence-electron chi connectivity index (χ2n) is 6.93. The molecule has 0 atom stereocenters. The van der Waals surface area contributed by atoms with Crippen LogP contribution in [-0.2, 0) is 0 Å². The SMILES string of the molecule is CCCNc1nc2cc(C)c(C)cc2n2c(NC(=O)c3ccccc3)cnc12. The fraction of sp³-hybridized carbons (Fsp3) is 0.227. The van der Waals surface area contributed by atoms with Gasteiger partial charge in [-0.05, 0) is 55.7 Å². The Balaban J connectivity index is 1.88. The molecule has 0 aliphatic heterocycles. The highest BCUT2D eigenvalue weighted by atomic mass is 16.1. The maximum Gasteiger partial charge on any atom is 0.256 e. The number of rotatable bonds is 5. The number of fused-ring (bicyclic) bond motifs is 3. The number of carbonyl (C=O) groups excluding carboxylic acids is 1. The van der Waals surface area contributed by atoms with Crippen LogP contribution in [0.3, 0.4) is 0 Å². The average Bonchev–Trinajstić information content (AvgIpc) is 3.12. The van der Waals surface area contributed by atoms with Crippen molar-refractivity contribution in [1.82, 2.24) is 14.4 Å². The van der Waals surface area contributed by atoms with E-state index in [4.69, 9.17) is 4.98 Å². The predicted octanol–water partition coefficient (Wildman–Crippen LogP) is 4.57. The average molecular weight is 373 g/mol. The molecule has 0 aliphatic carbocycles. The van der Waals surface area contributed by atoms with Gasteiger partial charge in [-0.25, -0.2) is 9.97 Å². The third-order valence-electron chi connectivity index (χ3n) is 4.86. The molecule has 0 radical (unpaired) electrons. The highest BCUT2D eigenvalue weighted by Crippen LogP contribution is 2.27. The molecule has 4 aromatic rings. The van der Waals surface area contributed by atoms with E-state index in [1.54, 1.807) is 18.3 Å². The van der Waals surface area contributed by atoms with Crippen LogP contribution < -0.4 is 10.6 Å². The van der Waals surface area contributed by atoms with Gasteiger partial charge in [0.2, 0.25) is 0 Å². The molecule has 2 heterocycles. The Kier molecular flexibility index (Phi) is 4.69. The highest BCUT2D eigenvalue weighted by molar-refractivity contribution is 6.04. The first-order chi connectivity index (χ1) is 13.6. The summed E-state index contributed by atoms with van der Waals surface area (Å²) in [6, 6.07) is 13.3. The van der Waals surface area contributed by atoms with Crippen LogP contribution in [0.4, 0.5) is 11.6 Å². The Hall–Kier alpha value is -3.41. The molecule has 28 heavy (non-hydrogen) atoms. The van der Waals surface area contributed by atoms with Crippen molar-refractivity contribution in [3.05, 3.63) is 65.4 Å². The minimum Gasteiger partial charge on any atom is -0.367 e. The van der Waals surface area contributed by atoms with E-state index in [2.05, 4.69) is 48.5 Å². The van der Waals surface area contributed by atoms with Crippen molar-refractivity contribution in [3.63, 3.8) is 0 Å². The number of hydrogen-bond donors (Lipinski definition) is 2. The summed E-state index contributed by atoms with van der Waals surface area (Å²) in [5, 5.41) is 6.35. The Labute approximate surface area is 163 Å². The van der Waals surface area contributed by atoms with Crippen LogP contribution in [0, 0.1) is 13.8 Å². The maximum atomic E-state index is 12.7. The van der Waals surface area contributed by atoms with Crippen molar-refractivity contribution < 1.29 is 4.79 Å². The Morgan fingerprint density at radius 1 is 1.11 bits per heavy atom. The van der Waals surface area contributed by atoms with Gasteiger partial charge in [0, 0.05) is 12.1 Å². The first kappa shape index (κ1) is 18.0. The second kappa shape index (κ2) is 7.31. The van der Waals surface area contributed by atoms with Crippen LogP contribution in [0.2, 0.25) is 0 Å². The number of nitrogens with one attached hydrogen (secondary N) is 2. The quantitative estimate of drug-likeness (QED) is 0.537. The van der Waals surface area contributed by atoms with Crippen LogP contribution in [0.1, 0.15) is 34.8 Å². The van der Waals surface area contributed by atoms with E-state index in [1.807, 2.05) is 22.6 Å². The summed E-state index contributed by atoms with van der Waals surface area (Å²) in [5.41, 5.74) is 5.43. The molecule has 1 amide bonds. The molecule has 0 bridgehead atoms. The van der Waals surface area contributed by atoms with Crippen molar-refractivity contribution in [2.75, 3.05) is 17.2 Å². The van der Waals surface area contributed by atoms with Gasteiger partial charge in [0.1, 0.15) is 5.82 Å². The van der Waals surface area contributed by atoms with Crippen molar-refractivity contribution >= 4 is 34.2 Å². The molecule has 0 aliphatic rings. The fourth-order valence-electron chi connectivity index (χ4n) is 3.22. The van der Waals surface area contributed by atoms with Crippen LogP contribution >= 0.6 is 0 Å². The van der Waals surface area contributed by atoms with Crippen LogP contribution in [0.5, 0.6) is 0 Å². The molecule has 0 saturated carbocycles. The molecule has 2 aromatic heterocycles. The number of aromatic nitrogens is 3. The number of carbonyl (C=O) groups is 1. The summed E-state index contributed by atoms with van der Waals surface area (Å²) >= 11 is 0. The van der Waals surface area contributed by atoms with Gasteiger partial charge in [-0.3, -0.25) is 9.20 Å². The van der Waals surface area contributed by atoms with E-state index < -0.39 is 0 Å². The van der Waals surface area contributed by atoms with Gasteiger partial charge in [-0.15, -0.1) is 0 Å². The van der Waals surface area contributed by atoms with Gasteiger partial charge in [-0.1, -0.05) is 25.1 Å². The molecule has 0 saturated heterocycles. The standard InChI is InChI=1S/C22H23N5O/c1-4-10-23-20-21-24-13-19(26-22(28)16-8-6-5-7-9-16)27(21)18-12-15(3)14(2)11-17(18)25-20/h5-9,11-13H,4,10H2,1-3H3,(H,23,25)(H,26,28).